The molecule has 1 rings (SSSR count). The van der Waals surface area contributed by atoms with E-state index in [1.54, 1.807) is 11.8 Å². The standard InChI is InChI=1S/C15H28N2O3/c1-6-8-12-13(18)16-15(5,7-2)14(19)17(12)9-10-20-11(3)4/h11-12H,6-10H2,1-5H3,(H,16,18). The van der Waals surface area contributed by atoms with Crippen LogP contribution in [0.25, 0.3) is 0 Å². The molecule has 5 heteroatoms. The predicted octanol–water partition coefficient (Wildman–Crippen LogP) is 1.71. The van der Waals surface area contributed by atoms with Crippen LogP contribution in [-0.4, -0.2) is 47.6 Å². The van der Waals surface area contributed by atoms with Gasteiger partial charge in [-0.3, -0.25) is 9.59 Å². The molecule has 0 aromatic rings. The summed E-state index contributed by atoms with van der Waals surface area (Å²) in [5, 5.41) is 2.89. The van der Waals surface area contributed by atoms with Gasteiger partial charge in [0.25, 0.3) is 0 Å². The van der Waals surface area contributed by atoms with Gasteiger partial charge in [-0.2, -0.15) is 0 Å². The van der Waals surface area contributed by atoms with Gasteiger partial charge >= 0.3 is 0 Å². The molecule has 1 fully saturated rings. The van der Waals surface area contributed by atoms with Crippen molar-refractivity contribution in [2.45, 2.75) is 71.6 Å². The summed E-state index contributed by atoms with van der Waals surface area (Å²) in [6.45, 7) is 10.6. The molecule has 1 aliphatic rings. The second-order valence-electron chi connectivity index (χ2n) is 5.90. The number of ether oxygens (including phenoxy) is 1. The Labute approximate surface area is 122 Å². The first-order valence-electron chi connectivity index (χ1n) is 7.60. The van der Waals surface area contributed by atoms with E-state index in [4.69, 9.17) is 4.74 Å². The summed E-state index contributed by atoms with van der Waals surface area (Å²) in [6, 6.07) is -0.358. The van der Waals surface area contributed by atoms with E-state index in [1.165, 1.54) is 0 Å². The molecular formula is C15H28N2O3. The Bertz CT molecular complexity index is 357. The number of carbonyl (C=O) groups is 2. The zero-order chi connectivity index (χ0) is 15.3. The number of hydrogen-bond acceptors (Lipinski definition) is 3. The Hall–Kier alpha value is -1.10. The van der Waals surface area contributed by atoms with E-state index in [0.29, 0.717) is 26.0 Å². The zero-order valence-corrected chi connectivity index (χ0v) is 13.4. The highest BCUT2D eigenvalue weighted by atomic mass is 16.5. The Morgan fingerprint density at radius 3 is 2.50 bits per heavy atom. The molecule has 20 heavy (non-hydrogen) atoms. The number of amides is 2. The molecule has 0 saturated carbocycles. The average Bonchev–Trinajstić information content (AvgIpc) is 2.39. The summed E-state index contributed by atoms with van der Waals surface area (Å²) in [6.07, 6.45) is 2.29. The maximum atomic E-state index is 12.6. The predicted molar refractivity (Wildman–Crippen MR) is 78.3 cm³/mol. The molecule has 0 spiro atoms. The van der Waals surface area contributed by atoms with Crippen molar-refractivity contribution in [1.82, 2.24) is 10.2 Å². The van der Waals surface area contributed by atoms with E-state index in [1.807, 2.05) is 27.7 Å². The number of hydrogen-bond donors (Lipinski definition) is 1. The van der Waals surface area contributed by atoms with Crippen molar-refractivity contribution in [2.24, 2.45) is 0 Å². The monoisotopic (exact) mass is 284 g/mol. The van der Waals surface area contributed by atoms with Crippen LogP contribution in [0.15, 0.2) is 0 Å². The summed E-state index contributed by atoms with van der Waals surface area (Å²) in [5.74, 6) is -0.0363. The van der Waals surface area contributed by atoms with Crippen molar-refractivity contribution in [2.75, 3.05) is 13.2 Å². The molecule has 1 heterocycles. The minimum absolute atomic E-state index is 0.00501. The highest BCUT2D eigenvalue weighted by Crippen LogP contribution is 2.23. The Kier molecular flexibility index (Phi) is 5.99. The van der Waals surface area contributed by atoms with Gasteiger partial charge in [-0.1, -0.05) is 20.3 Å². The lowest BCUT2D eigenvalue weighted by atomic mass is 9.90. The molecule has 0 aliphatic carbocycles. The van der Waals surface area contributed by atoms with E-state index < -0.39 is 5.54 Å². The number of rotatable bonds is 7. The molecule has 5 nitrogen and oxygen atoms in total. The second kappa shape index (κ2) is 7.07. The first-order chi connectivity index (χ1) is 9.35. The van der Waals surface area contributed by atoms with Crippen LogP contribution in [0.1, 0.15) is 53.9 Å². The number of carbonyl (C=O) groups excluding carboxylic acids is 2. The van der Waals surface area contributed by atoms with E-state index in [9.17, 15) is 9.59 Å². The van der Waals surface area contributed by atoms with Crippen molar-refractivity contribution in [3.05, 3.63) is 0 Å². The molecule has 0 aromatic heterocycles. The molecule has 1 aliphatic heterocycles. The lowest BCUT2D eigenvalue weighted by molar-refractivity contribution is -0.155. The highest BCUT2D eigenvalue weighted by molar-refractivity contribution is 5.99. The maximum absolute atomic E-state index is 12.6. The minimum atomic E-state index is -0.779. The molecular weight excluding hydrogens is 256 g/mol. The van der Waals surface area contributed by atoms with Crippen LogP contribution >= 0.6 is 0 Å². The van der Waals surface area contributed by atoms with Crippen molar-refractivity contribution >= 4 is 11.8 Å². The summed E-state index contributed by atoms with van der Waals surface area (Å²) in [7, 11) is 0. The van der Waals surface area contributed by atoms with Gasteiger partial charge in [0.15, 0.2) is 0 Å². The molecule has 0 aromatic carbocycles. The molecule has 2 amide bonds. The molecule has 0 bridgehead atoms. The summed E-state index contributed by atoms with van der Waals surface area (Å²) in [4.78, 5) is 26.6. The number of nitrogens with one attached hydrogen (secondary N) is 1. The summed E-state index contributed by atoms with van der Waals surface area (Å²) in [5.41, 5.74) is -0.779. The van der Waals surface area contributed by atoms with E-state index in [0.717, 1.165) is 6.42 Å². The van der Waals surface area contributed by atoms with Gasteiger partial charge < -0.3 is 15.0 Å². The minimum Gasteiger partial charge on any atom is -0.377 e. The highest BCUT2D eigenvalue weighted by Gasteiger charge is 2.46. The molecule has 1 N–H and O–H groups in total. The van der Waals surface area contributed by atoms with Crippen LogP contribution in [0.4, 0.5) is 0 Å². The van der Waals surface area contributed by atoms with Gasteiger partial charge in [-0.15, -0.1) is 0 Å². The zero-order valence-electron chi connectivity index (χ0n) is 13.4. The first-order valence-corrected chi connectivity index (χ1v) is 7.60. The molecule has 2 atom stereocenters. The third-order valence-electron chi connectivity index (χ3n) is 3.86. The summed E-state index contributed by atoms with van der Waals surface area (Å²) >= 11 is 0. The van der Waals surface area contributed by atoms with Crippen molar-refractivity contribution in [1.29, 1.82) is 0 Å². The van der Waals surface area contributed by atoms with Gasteiger partial charge in [-0.25, -0.2) is 0 Å². The van der Waals surface area contributed by atoms with Crippen molar-refractivity contribution in [3.8, 4) is 0 Å². The number of nitrogens with zero attached hydrogens (tertiary/aromatic N) is 1. The first kappa shape index (κ1) is 17.0. The van der Waals surface area contributed by atoms with Crippen LogP contribution in [0.3, 0.4) is 0 Å². The van der Waals surface area contributed by atoms with Crippen molar-refractivity contribution < 1.29 is 14.3 Å². The maximum Gasteiger partial charge on any atom is 0.248 e. The van der Waals surface area contributed by atoms with E-state index >= 15 is 0 Å². The van der Waals surface area contributed by atoms with Gasteiger partial charge in [-0.05, 0) is 33.6 Å². The van der Waals surface area contributed by atoms with Gasteiger partial charge in [0.05, 0.1) is 12.7 Å². The molecule has 0 radical (unpaired) electrons. The second-order valence-corrected chi connectivity index (χ2v) is 5.90. The third-order valence-corrected chi connectivity index (χ3v) is 3.86. The van der Waals surface area contributed by atoms with Crippen LogP contribution in [0.2, 0.25) is 0 Å². The average molecular weight is 284 g/mol. The molecule has 2 unspecified atom stereocenters. The lowest BCUT2D eigenvalue weighted by Gasteiger charge is -2.44. The fourth-order valence-corrected chi connectivity index (χ4v) is 2.45. The van der Waals surface area contributed by atoms with E-state index in [2.05, 4.69) is 5.32 Å². The van der Waals surface area contributed by atoms with Gasteiger partial charge in [0, 0.05) is 6.54 Å². The quantitative estimate of drug-likeness (QED) is 0.774. The molecule has 116 valence electrons. The van der Waals surface area contributed by atoms with Crippen molar-refractivity contribution in [3.63, 3.8) is 0 Å². The van der Waals surface area contributed by atoms with Crippen LogP contribution in [-0.2, 0) is 14.3 Å². The lowest BCUT2D eigenvalue weighted by Crippen LogP contribution is -2.69. The number of piperazine rings is 1. The SMILES string of the molecule is CCCC1C(=O)NC(C)(CC)C(=O)N1CCOC(C)C. The topological polar surface area (TPSA) is 58.6 Å². The smallest absolute Gasteiger partial charge is 0.248 e. The van der Waals surface area contributed by atoms with Crippen LogP contribution < -0.4 is 5.32 Å². The van der Waals surface area contributed by atoms with E-state index in [-0.39, 0.29) is 24.0 Å². The Morgan fingerprint density at radius 2 is 2.00 bits per heavy atom. The van der Waals surface area contributed by atoms with Crippen LogP contribution in [0.5, 0.6) is 0 Å². The normalized spacial score (nSPS) is 27.1. The van der Waals surface area contributed by atoms with Crippen LogP contribution in [0, 0.1) is 0 Å². The third kappa shape index (κ3) is 3.72. The molecule has 1 saturated heterocycles. The summed E-state index contributed by atoms with van der Waals surface area (Å²) < 4.78 is 5.53. The fraction of sp³-hybridized carbons (Fsp3) is 0.867. The fourth-order valence-electron chi connectivity index (χ4n) is 2.45. The van der Waals surface area contributed by atoms with Gasteiger partial charge in [0.1, 0.15) is 11.6 Å². The Morgan fingerprint density at radius 1 is 1.35 bits per heavy atom. The van der Waals surface area contributed by atoms with Gasteiger partial charge in [0.2, 0.25) is 11.8 Å². The largest absolute Gasteiger partial charge is 0.377 e. The Balaban J connectivity index is 2.84.